The third-order valence-electron chi connectivity index (χ3n) is 6.52. The fourth-order valence-electron chi connectivity index (χ4n) is 4.83. The van der Waals surface area contributed by atoms with E-state index in [4.69, 9.17) is 4.74 Å². The molecule has 160 valence electrons. The minimum atomic E-state index is 0.925. The maximum absolute atomic E-state index is 5.46. The normalized spacial score (nSPS) is 16.0. The summed E-state index contributed by atoms with van der Waals surface area (Å²) in [6.07, 6.45) is 11.2. The van der Waals surface area contributed by atoms with Crippen molar-refractivity contribution in [1.82, 2.24) is 4.90 Å². The topological polar surface area (TPSA) is 12.5 Å². The molecule has 0 N–H and O–H groups in total. The molecule has 3 aromatic rings. The van der Waals surface area contributed by atoms with Crippen LogP contribution in [0.25, 0.3) is 23.8 Å². The molecule has 0 saturated carbocycles. The van der Waals surface area contributed by atoms with Crippen LogP contribution >= 0.6 is 0 Å². The van der Waals surface area contributed by atoms with Crippen molar-refractivity contribution in [3.8, 4) is 5.75 Å². The van der Waals surface area contributed by atoms with Gasteiger partial charge in [-0.2, -0.15) is 0 Å². The monoisotopic (exact) mass is 419 g/mol. The highest BCUT2D eigenvalue weighted by Crippen LogP contribution is 2.38. The summed E-state index contributed by atoms with van der Waals surface area (Å²) < 4.78 is 5.46. The molecule has 32 heavy (non-hydrogen) atoms. The lowest BCUT2D eigenvalue weighted by Gasteiger charge is -2.29. The molecular formula is C30H29NO. The smallest absolute Gasteiger partial charge is 0.126 e. The number of methoxy groups -OCH3 is 1. The van der Waals surface area contributed by atoms with Crippen molar-refractivity contribution in [2.45, 2.75) is 12.8 Å². The number of nitrogens with zero attached hydrogens (tertiary/aromatic N) is 1. The zero-order chi connectivity index (χ0) is 21.8. The lowest BCUT2D eigenvalue weighted by molar-refractivity contribution is 0.284. The highest BCUT2D eigenvalue weighted by molar-refractivity contribution is 5.94. The Morgan fingerprint density at radius 3 is 2.03 bits per heavy atom. The van der Waals surface area contributed by atoms with Gasteiger partial charge in [-0.05, 0) is 46.7 Å². The molecular weight excluding hydrogens is 390 g/mol. The Kier molecular flexibility index (Phi) is 6.04. The number of ether oxygens (including phenoxy) is 1. The zero-order valence-corrected chi connectivity index (χ0v) is 18.6. The lowest BCUT2D eigenvalue weighted by Crippen LogP contribution is -2.31. The summed E-state index contributed by atoms with van der Waals surface area (Å²) in [5, 5.41) is 0. The molecule has 3 aromatic carbocycles. The van der Waals surface area contributed by atoms with Gasteiger partial charge in [0.05, 0.1) is 7.11 Å². The summed E-state index contributed by atoms with van der Waals surface area (Å²) in [5.41, 5.74) is 9.53. The molecule has 1 aliphatic carbocycles. The Morgan fingerprint density at radius 2 is 1.38 bits per heavy atom. The molecule has 0 spiro atoms. The van der Waals surface area contributed by atoms with Crippen LogP contribution in [0.1, 0.15) is 40.7 Å². The van der Waals surface area contributed by atoms with Gasteiger partial charge in [0, 0.05) is 25.2 Å². The molecule has 0 aromatic heterocycles. The molecule has 0 amide bonds. The van der Waals surface area contributed by atoms with Gasteiger partial charge in [-0.15, -0.1) is 0 Å². The Balaban J connectivity index is 1.36. The number of hydrogen-bond acceptors (Lipinski definition) is 2. The largest absolute Gasteiger partial charge is 0.496 e. The first-order chi connectivity index (χ1) is 15.8. The van der Waals surface area contributed by atoms with Gasteiger partial charge in [0.2, 0.25) is 0 Å². The van der Waals surface area contributed by atoms with E-state index in [-0.39, 0.29) is 0 Å². The van der Waals surface area contributed by atoms with Crippen LogP contribution < -0.4 is 4.74 Å². The molecule has 0 radical (unpaired) electrons. The van der Waals surface area contributed by atoms with Gasteiger partial charge < -0.3 is 4.74 Å². The quantitative estimate of drug-likeness (QED) is 0.361. The van der Waals surface area contributed by atoms with Crippen molar-refractivity contribution >= 4 is 23.8 Å². The Morgan fingerprint density at radius 1 is 0.781 bits per heavy atom. The molecule has 1 saturated heterocycles. The van der Waals surface area contributed by atoms with E-state index in [1.54, 1.807) is 12.7 Å². The first-order valence-electron chi connectivity index (χ1n) is 11.4. The van der Waals surface area contributed by atoms with Gasteiger partial charge >= 0.3 is 0 Å². The molecule has 1 aliphatic heterocycles. The number of benzene rings is 3. The zero-order valence-electron chi connectivity index (χ0n) is 18.6. The summed E-state index contributed by atoms with van der Waals surface area (Å²) in [4.78, 5) is 2.54. The fourth-order valence-corrected chi connectivity index (χ4v) is 4.83. The van der Waals surface area contributed by atoms with E-state index >= 15 is 0 Å². The van der Waals surface area contributed by atoms with E-state index in [0.29, 0.717) is 0 Å². The van der Waals surface area contributed by atoms with E-state index < -0.39 is 0 Å². The predicted molar refractivity (Wildman–Crippen MR) is 136 cm³/mol. The number of rotatable bonds is 4. The summed E-state index contributed by atoms with van der Waals surface area (Å²) in [7, 11) is 1.73. The van der Waals surface area contributed by atoms with Crippen molar-refractivity contribution in [3.63, 3.8) is 0 Å². The van der Waals surface area contributed by atoms with Crippen LogP contribution in [0.3, 0.4) is 0 Å². The van der Waals surface area contributed by atoms with Crippen LogP contribution in [0.5, 0.6) is 5.75 Å². The molecule has 0 bridgehead atoms. The second-order valence-electron chi connectivity index (χ2n) is 8.43. The van der Waals surface area contributed by atoms with Crippen LogP contribution in [0, 0.1) is 0 Å². The molecule has 2 nitrogen and oxygen atoms in total. The van der Waals surface area contributed by atoms with Crippen LogP contribution in [-0.4, -0.2) is 31.6 Å². The van der Waals surface area contributed by atoms with Crippen molar-refractivity contribution in [1.29, 1.82) is 0 Å². The third-order valence-corrected chi connectivity index (χ3v) is 6.52. The van der Waals surface area contributed by atoms with Gasteiger partial charge in [0.1, 0.15) is 5.75 Å². The Labute approximate surface area is 191 Å². The summed E-state index contributed by atoms with van der Waals surface area (Å²) in [6, 6.07) is 25.8. The molecule has 2 aliphatic rings. The minimum Gasteiger partial charge on any atom is -0.496 e. The van der Waals surface area contributed by atoms with Crippen molar-refractivity contribution < 1.29 is 4.74 Å². The minimum absolute atomic E-state index is 0.925. The first-order valence-corrected chi connectivity index (χ1v) is 11.4. The molecule has 1 heterocycles. The van der Waals surface area contributed by atoms with Crippen molar-refractivity contribution in [2.75, 3.05) is 26.7 Å². The second kappa shape index (κ2) is 9.42. The van der Waals surface area contributed by atoms with Gasteiger partial charge in [0.15, 0.2) is 0 Å². The third kappa shape index (κ3) is 4.19. The molecule has 0 unspecified atom stereocenters. The Bertz CT molecular complexity index is 1140. The summed E-state index contributed by atoms with van der Waals surface area (Å²) in [5.74, 6) is 0.925. The van der Waals surface area contributed by atoms with Gasteiger partial charge in [-0.3, -0.25) is 4.90 Å². The lowest BCUT2D eigenvalue weighted by atomic mass is 9.86. The van der Waals surface area contributed by atoms with Crippen LogP contribution in [0.15, 0.2) is 84.4 Å². The predicted octanol–water partition coefficient (Wildman–Crippen LogP) is 6.79. The number of fused-ring (bicyclic) bond motifs is 2. The second-order valence-corrected chi connectivity index (χ2v) is 8.43. The Hall–Kier alpha value is -3.36. The average molecular weight is 420 g/mol. The number of hydrogen-bond donors (Lipinski definition) is 0. The standard InChI is InChI=1S/C30H29NO/c1-32-29-15-7-4-11-25(29)12-8-20-31-21-18-26(19-22-31)30-27-13-5-2-9-23(27)16-17-24-10-3-6-14-28(24)30/h2-17H,18-22H2,1H3. The van der Waals surface area contributed by atoms with Gasteiger partial charge in [0.25, 0.3) is 0 Å². The number of likely N-dealkylation sites (tertiary alicyclic amines) is 1. The van der Waals surface area contributed by atoms with Crippen molar-refractivity contribution in [2.24, 2.45) is 0 Å². The average Bonchev–Trinajstić information content (AvgIpc) is 3.02. The van der Waals surface area contributed by atoms with Crippen molar-refractivity contribution in [3.05, 3.63) is 112 Å². The molecule has 1 fully saturated rings. The molecule has 2 heteroatoms. The van der Waals surface area contributed by atoms with Crippen LogP contribution in [0.4, 0.5) is 0 Å². The van der Waals surface area contributed by atoms with E-state index in [1.807, 2.05) is 12.1 Å². The van der Waals surface area contributed by atoms with E-state index in [9.17, 15) is 0 Å². The van der Waals surface area contributed by atoms with Gasteiger partial charge in [-0.1, -0.05) is 96.6 Å². The summed E-state index contributed by atoms with van der Waals surface area (Å²) >= 11 is 0. The van der Waals surface area contributed by atoms with E-state index in [0.717, 1.165) is 43.8 Å². The molecule has 0 atom stereocenters. The maximum atomic E-state index is 5.46. The maximum Gasteiger partial charge on any atom is 0.126 e. The van der Waals surface area contributed by atoms with E-state index in [1.165, 1.54) is 27.8 Å². The van der Waals surface area contributed by atoms with E-state index in [2.05, 4.69) is 89.9 Å². The summed E-state index contributed by atoms with van der Waals surface area (Å²) in [6.45, 7) is 3.15. The van der Waals surface area contributed by atoms with Crippen LogP contribution in [0.2, 0.25) is 0 Å². The highest BCUT2D eigenvalue weighted by atomic mass is 16.5. The number of piperidine rings is 1. The number of para-hydroxylation sites is 1. The SMILES string of the molecule is COc1ccccc1C=CCN1CCC(=C2c3ccccc3C=Cc3ccccc32)CC1. The first kappa shape index (κ1) is 20.5. The molecule has 5 rings (SSSR count). The van der Waals surface area contributed by atoms with Gasteiger partial charge in [-0.25, -0.2) is 0 Å². The fraction of sp³-hybridized carbons (Fsp3) is 0.200. The highest BCUT2D eigenvalue weighted by Gasteiger charge is 2.22. The van der Waals surface area contributed by atoms with Crippen LogP contribution in [-0.2, 0) is 0 Å².